The maximum atomic E-state index is 12.8. The highest BCUT2D eigenvalue weighted by atomic mass is 35.5. The highest BCUT2D eigenvalue weighted by Crippen LogP contribution is 2.21. The van der Waals surface area contributed by atoms with Gasteiger partial charge in [-0.05, 0) is 42.7 Å². The van der Waals surface area contributed by atoms with Gasteiger partial charge in [0.15, 0.2) is 5.82 Å². The largest absolute Gasteiger partial charge is 0.462 e. The molecule has 27 heavy (non-hydrogen) atoms. The molecule has 0 aliphatic heterocycles. The highest BCUT2D eigenvalue weighted by molar-refractivity contribution is 6.30. The number of esters is 1. The fraction of sp³-hybridized carbons (Fsp3) is 0.250. The number of aryl methyl sites for hydroxylation is 1. The number of ether oxygens (including phenoxy) is 1. The van der Waals surface area contributed by atoms with Crippen LogP contribution in [0.5, 0.6) is 0 Å². The van der Waals surface area contributed by atoms with Gasteiger partial charge in [-0.25, -0.2) is 14.5 Å². The second-order valence-electron chi connectivity index (χ2n) is 6.66. The molecule has 0 aliphatic carbocycles. The van der Waals surface area contributed by atoms with Crippen molar-refractivity contribution in [3.05, 3.63) is 69.2 Å². The fourth-order valence-electron chi connectivity index (χ4n) is 2.63. The molecule has 0 saturated heterocycles. The van der Waals surface area contributed by atoms with Crippen LogP contribution in [0.4, 0.5) is 0 Å². The van der Waals surface area contributed by atoms with E-state index in [0.717, 1.165) is 5.56 Å². The van der Waals surface area contributed by atoms with Crippen molar-refractivity contribution in [1.29, 1.82) is 0 Å². The number of nitrogens with one attached hydrogen (secondary N) is 1. The van der Waals surface area contributed by atoms with Crippen molar-refractivity contribution in [2.24, 2.45) is 5.92 Å². The molecule has 0 saturated carbocycles. The van der Waals surface area contributed by atoms with Crippen LogP contribution in [0.3, 0.4) is 0 Å². The van der Waals surface area contributed by atoms with Gasteiger partial charge in [0.05, 0.1) is 17.7 Å². The lowest BCUT2D eigenvalue weighted by Crippen LogP contribution is -2.17. The van der Waals surface area contributed by atoms with Crippen LogP contribution in [0.2, 0.25) is 5.02 Å². The predicted molar refractivity (Wildman–Crippen MR) is 104 cm³/mol. The Labute approximate surface area is 161 Å². The number of H-pyrrole nitrogens is 1. The number of hydrogen-bond acceptors (Lipinski definition) is 4. The third kappa shape index (κ3) is 4.11. The molecule has 0 amide bonds. The number of aromatic nitrogens is 3. The molecule has 0 radical (unpaired) electrons. The SMILES string of the molecule is Cc1[nH]n(-c2ccc(C(=O)OCC(C)C)cn2)c(=O)c1-c1ccc(Cl)cc1. The molecule has 3 aromatic rings. The summed E-state index contributed by atoms with van der Waals surface area (Å²) in [5, 5.41) is 3.63. The van der Waals surface area contributed by atoms with Gasteiger partial charge in [-0.1, -0.05) is 37.6 Å². The minimum Gasteiger partial charge on any atom is -0.462 e. The number of halogens is 1. The van der Waals surface area contributed by atoms with E-state index in [9.17, 15) is 9.59 Å². The zero-order chi connectivity index (χ0) is 19.6. The molecule has 1 aromatic carbocycles. The average molecular weight is 386 g/mol. The van der Waals surface area contributed by atoms with Crippen LogP contribution in [0.15, 0.2) is 47.4 Å². The van der Waals surface area contributed by atoms with Crippen molar-refractivity contribution in [2.75, 3.05) is 6.61 Å². The average Bonchev–Trinajstić information content (AvgIpc) is 2.95. The fourth-order valence-corrected chi connectivity index (χ4v) is 2.76. The number of aromatic amines is 1. The van der Waals surface area contributed by atoms with Gasteiger partial charge in [-0.3, -0.25) is 9.89 Å². The van der Waals surface area contributed by atoms with E-state index in [4.69, 9.17) is 16.3 Å². The second kappa shape index (κ2) is 7.80. The summed E-state index contributed by atoms with van der Waals surface area (Å²) in [5.41, 5.74) is 2.15. The van der Waals surface area contributed by atoms with Crippen LogP contribution >= 0.6 is 11.6 Å². The minimum absolute atomic E-state index is 0.225. The standard InChI is InChI=1S/C20H20ClN3O3/c1-12(2)11-27-20(26)15-6-9-17(22-10-15)24-19(25)18(13(3)23-24)14-4-7-16(21)8-5-14/h4-10,12,23H,11H2,1-3H3. The first kappa shape index (κ1) is 18.9. The molecule has 3 rings (SSSR count). The van der Waals surface area contributed by atoms with Crippen LogP contribution in [0.25, 0.3) is 16.9 Å². The Morgan fingerprint density at radius 3 is 2.52 bits per heavy atom. The lowest BCUT2D eigenvalue weighted by molar-refractivity contribution is 0.0458. The van der Waals surface area contributed by atoms with Crippen molar-refractivity contribution in [2.45, 2.75) is 20.8 Å². The molecular weight excluding hydrogens is 366 g/mol. The molecule has 140 valence electrons. The number of pyridine rings is 1. The summed E-state index contributed by atoms with van der Waals surface area (Å²) in [6.07, 6.45) is 1.41. The van der Waals surface area contributed by atoms with E-state index in [-0.39, 0.29) is 11.5 Å². The van der Waals surface area contributed by atoms with Gasteiger partial charge in [0, 0.05) is 16.9 Å². The van der Waals surface area contributed by atoms with Gasteiger partial charge in [0.25, 0.3) is 5.56 Å². The van der Waals surface area contributed by atoms with E-state index in [0.29, 0.717) is 34.3 Å². The lowest BCUT2D eigenvalue weighted by atomic mass is 10.1. The second-order valence-corrected chi connectivity index (χ2v) is 7.09. The van der Waals surface area contributed by atoms with Crippen LogP contribution in [-0.2, 0) is 4.74 Å². The number of carbonyl (C=O) groups is 1. The molecule has 7 heteroatoms. The smallest absolute Gasteiger partial charge is 0.339 e. The number of carbonyl (C=O) groups excluding carboxylic acids is 1. The van der Waals surface area contributed by atoms with Gasteiger partial charge in [0.1, 0.15) is 0 Å². The Kier molecular flexibility index (Phi) is 5.46. The van der Waals surface area contributed by atoms with Crippen LogP contribution < -0.4 is 5.56 Å². The lowest BCUT2D eigenvalue weighted by Gasteiger charge is -2.07. The van der Waals surface area contributed by atoms with E-state index in [1.165, 1.54) is 10.9 Å². The van der Waals surface area contributed by atoms with Crippen LogP contribution in [-0.4, -0.2) is 27.3 Å². The molecule has 0 aliphatic rings. The minimum atomic E-state index is -0.431. The Morgan fingerprint density at radius 2 is 1.93 bits per heavy atom. The molecular formula is C20H20ClN3O3. The molecule has 0 bridgehead atoms. The third-order valence-corrected chi connectivity index (χ3v) is 4.22. The van der Waals surface area contributed by atoms with Crippen molar-refractivity contribution in [1.82, 2.24) is 14.8 Å². The highest BCUT2D eigenvalue weighted by Gasteiger charge is 2.16. The van der Waals surface area contributed by atoms with Crippen molar-refractivity contribution >= 4 is 17.6 Å². The predicted octanol–water partition coefficient (Wildman–Crippen LogP) is 4.00. The summed E-state index contributed by atoms with van der Waals surface area (Å²) in [4.78, 5) is 29.1. The normalized spacial score (nSPS) is 11.0. The van der Waals surface area contributed by atoms with Gasteiger partial charge in [-0.2, -0.15) is 0 Å². The maximum absolute atomic E-state index is 12.8. The number of rotatable bonds is 5. The van der Waals surface area contributed by atoms with E-state index in [2.05, 4.69) is 10.1 Å². The monoisotopic (exact) mass is 385 g/mol. The third-order valence-electron chi connectivity index (χ3n) is 3.96. The molecule has 0 spiro atoms. The first-order chi connectivity index (χ1) is 12.9. The summed E-state index contributed by atoms with van der Waals surface area (Å²) in [7, 11) is 0. The molecule has 0 unspecified atom stereocenters. The van der Waals surface area contributed by atoms with Gasteiger partial charge in [0.2, 0.25) is 0 Å². The van der Waals surface area contributed by atoms with Crippen LogP contribution in [0.1, 0.15) is 29.9 Å². The Morgan fingerprint density at radius 1 is 1.22 bits per heavy atom. The molecule has 1 N–H and O–H groups in total. The van der Waals surface area contributed by atoms with Crippen molar-refractivity contribution < 1.29 is 9.53 Å². The van der Waals surface area contributed by atoms with E-state index in [1.807, 2.05) is 20.8 Å². The Balaban J connectivity index is 1.89. The summed E-state index contributed by atoms with van der Waals surface area (Å²) in [5.74, 6) is 0.219. The molecule has 6 nitrogen and oxygen atoms in total. The summed E-state index contributed by atoms with van der Waals surface area (Å²) in [6, 6.07) is 10.3. The van der Waals surface area contributed by atoms with E-state index >= 15 is 0 Å². The van der Waals surface area contributed by atoms with Crippen molar-refractivity contribution in [3.63, 3.8) is 0 Å². The number of hydrogen-bond donors (Lipinski definition) is 1. The summed E-state index contributed by atoms with van der Waals surface area (Å²) >= 11 is 5.92. The first-order valence-electron chi connectivity index (χ1n) is 8.58. The van der Waals surface area contributed by atoms with Crippen molar-refractivity contribution in [3.8, 4) is 16.9 Å². The Bertz CT molecular complexity index is 1000. The van der Waals surface area contributed by atoms with E-state index in [1.54, 1.807) is 36.4 Å². The Hall–Kier alpha value is -2.86. The molecule has 0 fully saturated rings. The number of benzene rings is 1. The summed E-state index contributed by atoms with van der Waals surface area (Å²) < 4.78 is 6.53. The van der Waals surface area contributed by atoms with Gasteiger partial charge < -0.3 is 4.74 Å². The first-order valence-corrected chi connectivity index (χ1v) is 8.95. The molecule has 2 heterocycles. The zero-order valence-corrected chi connectivity index (χ0v) is 16.1. The van der Waals surface area contributed by atoms with Crippen LogP contribution in [0, 0.1) is 12.8 Å². The number of nitrogens with zero attached hydrogens (tertiary/aromatic N) is 2. The van der Waals surface area contributed by atoms with Gasteiger partial charge in [-0.15, -0.1) is 0 Å². The molecule has 0 atom stereocenters. The van der Waals surface area contributed by atoms with E-state index < -0.39 is 5.97 Å². The topological polar surface area (TPSA) is 77.0 Å². The van der Waals surface area contributed by atoms with Gasteiger partial charge >= 0.3 is 5.97 Å². The molecule has 2 aromatic heterocycles. The quantitative estimate of drug-likeness (QED) is 0.673. The summed E-state index contributed by atoms with van der Waals surface area (Å²) in [6.45, 7) is 6.10. The maximum Gasteiger partial charge on any atom is 0.339 e. The zero-order valence-electron chi connectivity index (χ0n) is 15.3.